The molecule has 0 spiro atoms. The van der Waals surface area contributed by atoms with Crippen LogP contribution in [-0.4, -0.2) is 18.3 Å². The summed E-state index contributed by atoms with van der Waals surface area (Å²) >= 11 is 0. The number of ketones is 1. The molecule has 2 aromatic rings. The SMILES string of the molecule is CCc1cccc2c1OCC[C@H]2NC(=O)[C@@H]1CCC(=O)c2ccccc21. The van der Waals surface area contributed by atoms with Crippen LogP contribution < -0.4 is 10.1 Å². The van der Waals surface area contributed by atoms with Crippen molar-refractivity contribution in [3.05, 3.63) is 64.7 Å². The summed E-state index contributed by atoms with van der Waals surface area (Å²) in [5.41, 5.74) is 3.79. The lowest BCUT2D eigenvalue weighted by atomic mass is 9.81. The van der Waals surface area contributed by atoms with E-state index in [2.05, 4.69) is 18.3 Å². The van der Waals surface area contributed by atoms with E-state index in [1.54, 1.807) is 0 Å². The lowest BCUT2D eigenvalue weighted by molar-refractivity contribution is -0.123. The summed E-state index contributed by atoms with van der Waals surface area (Å²) in [6.07, 6.45) is 2.67. The molecule has 1 N–H and O–H groups in total. The van der Waals surface area contributed by atoms with Crippen molar-refractivity contribution in [3.63, 3.8) is 0 Å². The molecule has 2 aliphatic rings. The average Bonchev–Trinajstić information content (AvgIpc) is 2.68. The van der Waals surface area contributed by atoms with Gasteiger partial charge in [-0.1, -0.05) is 49.4 Å². The minimum atomic E-state index is -0.260. The van der Waals surface area contributed by atoms with E-state index < -0.39 is 0 Å². The molecule has 0 aromatic heterocycles. The zero-order valence-corrected chi connectivity index (χ0v) is 15.0. The minimum absolute atomic E-state index is 0.00435. The fourth-order valence-electron chi connectivity index (χ4n) is 4.08. The molecule has 0 bridgehead atoms. The first-order valence-electron chi connectivity index (χ1n) is 9.36. The van der Waals surface area contributed by atoms with E-state index in [0.717, 1.165) is 29.7 Å². The molecule has 0 unspecified atom stereocenters. The molecule has 134 valence electrons. The quantitative estimate of drug-likeness (QED) is 0.913. The van der Waals surface area contributed by atoms with E-state index >= 15 is 0 Å². The number of hydrogen-bond donors (Lipinski definition) is 1. The van der Waals surface area contributed by atoms with Crippen molar-refractivity contribution >= 4 is 11.7 Å². The Morgan fingerprint density at radius 1 is 1.12 bits per heavy atom. The third-order valence-electron chi connectivity index (χ3n) is 5.47. The van der Waals surface area contributed by atoms with E-state index in [1.165, 1.54) is 5.56 Å². The highest BCUT2D eigenvalue weighted by atomic mass is 16.5. The molecule has 1 aliphatic carbocycles. The molecule has 1 heterocycles. The lowest BCUT2D eigenvalue weighted by Gasteiger charge is -2.31. The largest absolute Gasteiger partial charge is 0.493 e. The summed E-state index contributed by atoms with van der Waals surface area (Å²) in [5.74, 6) is 0.800. The molecular formula is C22H23NO3. The van der Waals surface area contributed by atoms with Crippen molar-refractivity contribution in [3.8, 4) is 5.75 Å². The molecule has 0 saturated carbocycles. The third-order valence-corrected chi connectivity index (χ3v) is 5.47. The van der Waals surface area contributed by atoms with Gasteiger partial charge in [0, 0.05) is 24.0 Å². The topological polar surface area (TPSA) is 55.4 Å². The second-order valence-electron chi connectivity index (χ2n) is 6.99. The molecule has 0 radical (unpaired) electrons. The van der Waals surface area contributed by atoms with Gasteiger partial charge in [0.2, 0.25) is 5.91 Å². The number of benzene rings is 2. The van der Waals surface area contributed by atoms with Gasteiger partial charge in [0.25, 0.3) is 0 Å². The molecule has 4 rings (SSSR count). The number of nitrogens with one attached hydrogen (secondary N) is 1. The van der Waals surface area contributed by atoms with Gasteiger partial charge in [-0.15, -0.1) is 0 Å². The Hall–Kier alpha value is -2.62. The fraction of sp³-hybridized carbons (Fsp3) is 0.364. The fourth-order valence-corrected chi connectivity index (χ4v) is 4.08. The summed E-state index contributed by atoms with van der Waals surface area (Å²) in [6, 6.07) is 13.6. The van der Waals surface area contributed by atoms with Crippen LogP contribution in [0.4, 0.5) is 0 Å². The molecule has 1 aliphatic heterocycles. The second kappa shape index (κ2) is 6.94. The molecular weight excluding hydrogens is 326 g/mol. The Morgan fingerprint density at radius 3 is 2.77 bits per heavy atom. The summed E-state index contributed by atoms with van der Waals surface area (Å²) in [6.45, 7) is 2.71. The monoisotopic (exact) mass is 349 g/mol. The molecule has 4 nitrogen and oxygen atoms in total. The predicted octanol–water partition coefficient (Wildman–Crippen LogP) is 3.95. The van der Waals surface area contributed by atoms with E-state index in [1.807, 2.05) is 36.4 Å². The van der Waals surface area contributed by atoms with Crippen LogP contribution in [0.3, 0.4) is 0 Å². The van der Waals surface area contributed by atoms with Crippen LogP contribution in [0.1, 0.15) is 65.2 Å². The molecule has 4 heteroatoms. The van der Waals surface area contributed by atoms with Gasteiger partial charge in [0.05, 0.1) is 18.6 Å². The first-order valence-corrected chi connectivity index (χ1v) is 9.36. The highest BCUT2D eigenvalue weighted by Crippen LogP contribution is 2.37. The summed E-state index contributed by atoms with van der Waals surface area (Å²) in [4.78, 5) is 25.2. The van der Waals surface area contributed by atoms with E-state index in [9.17, 15) is 9.59 Å². The van der Waals surface area contributed by atoms with Gasteiger partial charge >= 0.3 is 0 Å². The standard InChI is InChI=1S/C22H23NO3/c1-2-14-6-5-9-18-19(12-13-26-21(14)18)23-22(25)17-10-11-20(24)16-8-4-3-7-15(16)17/h3-9,17,19H,2,10-13H2,1H3,(H,23,25)/t17-,19-/m1/s1. The predicted molar refractivity (Wildman–Crippen MR) is 99.6 cm³/mol. The van der Waals surface area contributed by atoms with Crippen molar-refractivity contribution in [2.24, 2.45) is 0 Å². The Kier molecular flexibility index (Phi) is 4.49. The van der Waals surface area contributed by atoms with Gasteiger partial charge in [-0.05, 0) is 24.0 Å². The number of aryl methyl sites for hydroxylation is 1. The maximum Gasteiger partial charge on any atom is 0.228 e. The number of ether oxygens (including phenoxy) is 1. The first-order chi connectivity index (χ1) is 12.7. The Bertz CT molecular complexity index is 858. The molecule has 0 fully saturated rings. The Morgan fingerprint density at radius 2 is 1.92 bits per heavy atom. The van der Waals surface area contributed by atoms with E-state index in [0.29, 0.717) is 25.0 Å². The highest BCUT2D eigenvalue weighted by molar-refractivity contribution is 6.01. The molecule has 1 amide bonds. The van der Waals surface area contributed by atoms with Crippen LogP contribution in [0.5, 0.6) is 5.75 Å². The van der Waals surface area contributed by atoms with Gasteiger partial charge < -0.3 is 10.1 Å². The van der Waals surface area contributed by atoms with Crippen molar-refractivity contribution in [1.29, 1.82) is 0 Å². The maximum absolute atomic E-state index is 13.0. The van der Waals surface area contributed by atoms with Crippen LogP contribution in [0.25, 0.3) is 0 Å². The Balaban J connectivity index is 1.59. The molecule has 26 heavy (non-hydrogen) atoms. The summed E-state index contributed by atoms with van der Waals surface area (Å²) < 4.78 is 5.88. The van der Waals surface area contributed by atoms with Gasteiger partial charge in [-0.3, -0.25) is 9.59 Å². The minimum Gasteiger partial charge on any atom is -0.493 e. The number of Topliss-reactive ketones (excluding diaryl/α,β-unsaturated/α-hetero) is 1. The Labute approximate surface area is 153 Å². The first kappa shape index (κ1) is 16.8. The number of amides is 1. The van der Waals surface area contributed by atoms with Crippen molar-refractivity contribution in [2.75, 3.05) is 6.61 Å². The normalized spacial score (nSPS) is 21.3. The van der Waals surface area contributed by atoms with Gasteiger partial charge in [0.1, 0.15) is 5.75 Å². The molecule has 2 aromatic carbocycles. The summed E-state index contributed by atoms with van der Waals surface area (Å²) in [5, 5.41) is 3.22. The van der Waals surface area contributed by atoms with E-state index in [4.69, 9.17) is 4.74 Å². The van der Waals surface area contributed by atoms with Crippen molar-refractivity contribution < 1.29 is 14.3 Å². The van der Waals surface area contributed by atoms with Crippen LogP contribution in [-0.2, 0) is 11.2 Å². The maximum atomic E-state index is 13.0. The van der Waals surface area contributed by atoms with Gasteiger partial charge in [-0.2, -0.15) is 0 Å². The smallest absolute Gasteiger partial charge is 0.228 e. The van der Waals surface area contributed by atoms with Crippen molar-refractivity contribution in [2.45, 2.75) is 44.6 Å². The summed E-state index contributed by atoms with van der Waals surface area (Å²) in [7, 11) is 0. The van der Waals surface area contributed by atoms with Gasteiger partial charge in [0.15, 0.2) is 5.78 Å². The van der Waals surface area contributed by atoms with E-state index in [-0.39, 0.29) is 23.7 Å². The van der Waals surface area contributed by atoms with Crippen LogP contribution in [0.15, 0.2) is 42.5 Å². The average molecular weight is 349 g/mol. The number of carbonyl (C=O) groups is 2. The number of hydrogen-bond acceptors (Lipinski definition) is 3. The second-order valence-corrected chi connectivity index (χ2v) is 6.99. The van der Waals surface area contributed by atoms with Crippen molar-refractivity contribution in [1.82, 2.24) is 5.32 Å². The van der Waals surface area contributed by atoms with Crippen LogP contribution in [0.2, 0.25) is 0 Å². The van der Waals surface area contributed by atoms with Gasteiger partial charge in [-0.25, -0.2) is 0 Å². The zero-order valence-electron chi connectivity index (χ0n) is 15.0. The number of para-hydroxylation sites is 1. The molecule has 0 saturated heterocycles. The van der Waals surface area contributed by atoms with Crippen LogP contribution >= 0.6 is 0 Å². The number of fused-ring (bicyclic) bond motifs is 2. The number of carbonyl (C=O) groups excluding carboxylic acids is 2. The van der Waals surface area contributed by atoms with Crippen LogP contribution in [0, 0.1) is 0 Å². The number of rotatable bonds is 3. The third kappa shape index (κ3) is 2.90. The lowest BCUT2D eigenvalue weighted by Crippen LogP contribution is -2.37. The highest BCUT2D eigenvalue weighted by Gasteiger charge is 2.32. The molecule has 2 atom stereocenters. The zero-order chi connectivity index (χ0) is 18.1.